The number of aryl methyl sites for hydroxylation is 3. The molecule has 0 radical (unpaired) electrons. The van der Waals surface area contributed by atoms with Crippen molar-refractivity contribution in [3.8, 4) is 5.69 Å². The second-order valence-electron chi connectivity index (χ2n) is 6.97. The molecule has 2 aromatic heterocycles. The zero-order chi connectivity index (χ0) is 19.7. The summed E-state index contributed by atoms with van der Waals surface area (Å²) in [5, 5.41) is 10.2. The zero-order valence-corrected chi connectivity index (χ0v) is 16.3. The van der Waals surface area contributed by atoms with E-state index in [1.165, 1.54) is 4.68 Å². The second kappa shape index (κ2) is 7.26. The maximum absolute atomic E-state index is 12.8. The van der Waals surface area contributed by atoms with Crippen LogP contribution in [0.1, 0.15) is 41.0 Å². The molecule has 0 bridgehead atoms. The average Bonchev–Trinajstić information content (AvgIpc) is 3.09. The Labute approximate surface area is 158 Å². The number of H-pyrrole nitrogens is 1. The maximum atomic E-state index is 12.8. The number of carbonyl (C=O) groups excluding carboxylic acids is 1. The lowest BCUT2D eigenvalue weighted by atomic mass is 10.1. The van der Waals surface area contributed by atoms with Crippen LogP contribution in [0.15, 0.2) is 35.3 Å². The summed E-state index contributed by atoms with van der Waals surface area (Å²) in [7, 11) is 1.87. The standard InChI is InChI=1S/C20H25N5O2/c1-12-6-8-16(9-7-12)25-20(27)17(14(3)23-25)10-19(26)22-13(2)18-11-21-24(5)15(18)4/h6-9,11,13,23H,10H2,1-5H3,(H,22,26). The molecule has 3 rings (SSSR count). The molecular weight excluding hydrogens is 342 g/mol. The molecule has 1 unspecified atom stereocenters. The molecular formula is C20H25N5O2. The highest BCUT2D eigenvalue weighted by Gasteiger charge is 2.19. The lowest BCUT2D eigenvalue weighted by molar-refractivity contribution is -0.121. The van der Waals surface area contributed by atoms with Crippen molar-refractivity contribution in [3.05, 3.63) is 68.9 Å². The monoisotopic (exact) mass is 367 g/mol. The first-order valence-electron chi connectivity index (χ1n) is 8.93. The first kappa shape index (κ1) is 18.7. The normalized spacial score (nSPS) is 12.2. The number of nitrogens with one attached hydrogen (secondary N) is 2. The number of hydrogen-bond acceptors (Lipinski definition) is 3. The van der Waals surface area contributed by atoms with E-state index in [4.69, 9.17) is 0 Å². The van der Waals surface area contributed by atoms with Gasteiger partial charge in [0.1, 0.15) is 0 Å². The van der Waals surface area contributed by atoms with E-state index in [0.29, 0.717) is 11.3 Å². The van der Waals surface area contributed by atoms with Gasteiger partial charge in [-0.15, -0.1) is 0 Å². The predicted octanol–water partition coefficient (Wildman–Crippen LogP) is 2.24. The average molecular weight is 367 g/mol. The fraction of sp³-hybridized carbons (Fsp3) is 0.350. The third-order valence-electron chi connectivity index (χ3n) is 4.94. The van der Waals surface area contributed by atoms with E-state index >= 15 is 0 Å². The van der Waals surface area contributed by atoms with Crippen molar-refractivity contribution >= 4 is 5.91 Å². The van der Waals surface area contributed by atoms with E-state index in [1.54, 1.807) is 10.9 Å². The van der Waals surface area contributed by atoms with Crippen LogP contribution in [-0.4, -0.2) is 25.5 Å². The Bertz CT molecular complexity index is 1020. The third-order valence-corrected chi connectivity index (χ3v) is 4.94. The molecule has 1 amide bonds. The first-order chi connectivity index (χ1) is 12.8. The van der Waals surface area contributed by atoms with Crippen LogP contribution in [0.5, 0.6) is 0 Å². The summed E-state index contributed by atoms with van der Waals surface area (Å²) in [6.07, 6.45) is 1.79. The van der Waals surface area contributed by atoms with E-state index in [1.807, 2.05) is 59.0 Å². The van der Waals surface area contributed by atoms with Crippen molar-refractivity contribution in [3.63, 3.8) is 0 Å². The van der Waals surface area contributed by atoms with Gasteiger partial charge in [-0.3, -0.25) is 19.4 Å². The fourth-order valence-corrected chi connectivity index (χ4v) is 3.14. The van der Waals surface area contributed by atoms with Gasteiger partial charge < -0.3 is 5.32 Å². The van der Waals surface area contributed by atoms with Gasteiger partial charge in [0.2, 0.25) is 5.91 Å². The summed E-state index contributed by atoms with van der Waals surface area (Å²) in [4.78, 5) is 25.3. The predicted molar refractivity (Wildman–Crippen MR) is 104 cm³/mol. The number of benzene rings is 1. The van der Waals surface area contributed by atoms with Crippen molar-refractivity contribution in [2.24, 2.45) is 7.05 Å². The summed E-state index contributed by atoms with van der Waals surface area (Å²) in [6, 6.07) is 7.47. The van der Waals surface area contributed by atoms with Crippen LogP contribution in [0.2, 0.25) is 0 Å². The van der Waals surface area contributed by atoms with E-state index in [0.717, 1.165) is 22.5 Å². The van der Waals surface area contributed by atoms with Crippen molar-refractivity contribution in [1.29, 1.82) is 0 Å². The van der Waals surface area contributed by atoms with Crippen LogP contribution < -0.4 is 10.9 Å². The first-order valence-corrected chi connectivity index (χ1v) is 8.93. The van der Waals surface area contributed by atoms with Gasteiger partial charge in [-0.1, -0.05) is 17.7 Å². The molecule has 0 aliphatic rings. The van der Waals surface area contributed by atoms with Crippen molar-refractivity contribution in [2.45, 2.75) is 40.2 Å². The van der Waals surface area contributed by atoms with Gasteiger partial charge >= 0.3 is 0 Å². The molecule has 0 saturated heterocycles. The summed E-state index contributed by atoms with van der Waals surface area (Å²) in [5.41, 5.74) is 4.81. The number of rotatable bonds is 5. The Hall–Kier alpha value is -3.09. The van der Waals surface area contributed by atoms with E-state index in [2.05, 4.69) is 15.5 Å². The number of aromatic nitrogens is 4. The molecule has 0 fully saturated rings. The number of nitrogens with zero attached hydrogens (tertiary/aromatic N) is 3. The van der Waals surface area contributed by atoms with E-state index in [-0.39, 0.29) is 23.9 Å². The number of aromatic amines is 1. The Balaban J connectivity index is 1.77. The molecule has 27 heavy (non-hydrogen) atoms. The molecule has 7 nitrogen and oxygen atoms in total. The van der Waals surface area contributed by atoms with E-state index in [9.17, 15) is 9.59 Å². The number of carbonyl (C=O) groups is 1. The summed E-state index contributed by atoms with van der Waals surface area (Å²) < 4.78 is 3.25. The van der Waals surface area contributed by atoms with Crippen LogP contribution in [0.4, 0.5) is 0 Å². The molecule has 0 saturated carbocycles. The molecule has 3 aromatic rings. The van der Waals surface area contributed by atoms with Crippen LogP contribution >= 0.6 is 0 Å². The lowest BCUT2D eigenvalue weighted by Gasteiger charge is -2.13. The minimum Gasteiger partial charge on any atom is -0.349 e. The summed E-state index contributed by atoms with van der Waals surface area (Å²) >= 11 is 0. The smallest absolute Gasteiger partial charge is 0.275 e. The van der Waals surface area contributed by atoms with Gasteiger partial charge in [0.05, 0.1) is 24.3 Å². The molecule has 1 aromatic carbocycles. The highest BCUT2D eigenvalue weighted by molar-refractivity contribution is 5.79. The van der Waals surface area contributed by atoms with Crippen LogP contribution in [-0.2, 0) is 18.3 Å². The van der Waals surface area contributed by atoms with Crippen LogP contribution in [0, 0.1) is 20.8 Å². The highest BCUT2D eigenvalue weighted by atomic mass is 16.2. The molecule has 0 aliphatic heterocycles. The molecule has 2 N–H and O–H groups in total. The minimum atomic E-state index is -0.197. The lowest BCUT2D eigenvalue weighted by Crippen LogP contribution is -2.30. The molecule has 142 valence electrons. The van der Waals surface area contributed by atoms with Crippen molar-refractivity contribution < 1.29 is 4.79 Å². The number of amides is 1. The van der Waals surface area contributed by atoms with Gasteiger partial charge in [0.15, 0.2) is 0 Å². The van der Waals surface area contributed by atoms with Crippen molar-refractivity contribution in [2.75, 3.05) is 0 Å². The molecule has 7 heteroatoms. The molecule has 1 atom stereocenters. The second-order valence-corrected chi connectivity index (χ2v) is 6.97. The molecule has 0 spiro atoms. The minimum absolute atomic E-state index is 0.0314. The third kappa shape index (κ3) is 3.72. The molecule has 0 aliphatic carbocycles. The summed E-state index contributed by atoms with van der Waals surface area (Å²) in [6.45, 7) is 7.68. The molecule has 2 heterocycles. The summed E-state index contributed by atoms with van der Waals surface area (Å²) in [5.74, 6) is -0.194. The van der Waals surface area contributed by atoms with Gasteiger partial charge in [0, 0.05) is 29.6 Å². The van der Waals surface area contributed by atoms with Gasteiger partial charge in [-0.2, -0.15) is 5.10 Å². The van der Waals surface area contributed by atoms with E-state index < -0.39 is 0 Å². The quantitative estimate of drug-likeness (QED) is 0.725. The number of hydrogen-bond donors (Lipinski definition) is 2. The Morgan fingerprint density at radius 2 is 1.89 bits per heavy atom. The fourth-order valence-electron chi connectivity index (χ4n) is 3.14. The Kier molecular flexibility index (Phi) is 5.03. The largest absolute Gasteiger partial charge is 0.349 e. The van der Waals surface area contributed by atoms with Gasteiger partial charge in [-0.25, -0.2) is 4.68 Å². The van der Waals surface area contributed by atoms with Crippen molar-refractivity contribution in [1.82, 2.24) is 24.9 Å². The highest BCUT2D eigenvalue weighted by Crippen LogP contribution is 2.16. The van der Waals surface area contributed by atoms with Crippen LogP contribution in [0.25, 0.3) is 5.69 Å². The zero-order valence-electron chi connectivity index (χ0n) is 16.3. The topological polar surface area (TPSA) is 84.7 Å². The van der Waals surface area contributed by atoms with Gasteiger partial charge in [0.25, 0.3) is 5.56 Å². The Morgan fingerprint density at radius 3 is 2.48 bits per heavy atom. The maximum Gasteiger partial charge on any atom is 0.275 e. The van der Waals surface area contributed by atoms with Crippen LogP contribution in [0.3, 0.4) is 0 Å². The Morgan fingerprint density at radius 1 is 1.22 bits per heavy atom. The SMILES string of the molecule is Cc1ccc(-n2[nH]c(C)c(CC(=O)NC(C)c3cnn(C)c3C)c2=O)cc1. The van der Waals surface area contributed by atoms with Gasteiger partial charge in [-0.05, 0) is 39.8 Å².